The van der Waals surface area contributed by atoms with Gasteiger partial charge >= 0.3 is 0 Å². The highest BCUT2D eigenvalue weighted by molar-refractivity contribution is 7.80. The standard InChI is InChI=1S/C14H20N2O2S/c1-10-9-11-5-4-8-16-7-3-2-6-12(14(11)16)13(10)15-19(17)18/h9,15H,2-8H2,1H3,(H,17,18)/p-1. The zero-order chi connectivity index (χ0) is 13.4. The van der Waals surface area contributed by atoms with Crippen molar-refractivity contribution in [2.75, 3.05) is 22.7 Å². The van der Waals surface area contributed by atoms with E-state index in [0.29, 0.717) is 0 Å². The molecule has 0 spiro atoms. The smallest absolute Gasteiger partial charge is 0.0534 e. The second-order valence-electron chi connectivity index (χ2n) is 5.44. The Morgan fingerprint density at radius 3 is 2.84 bits per heavy atom. The van der Waals surface area contributed by atoms with Crippen LogP contribution >= 0.6 is 0 Å². The van der Waals surface area contributed by atoms with Gasteiger partial charge in [0.2, 0.25) is 0 Å². The third-order valence-electron chi connectivity index (χ3n) is 4.16. The van der Waals surface area contributed by atoms with E-state index < -0.39 is 11.3 Å². The quantitative estimate of drug-likeness (QED) is 0.845. The number of nitrogens with zero attached hydrogens (tertiary/aromatic N) is 1. The average Bonchev–Trinajstić information content (AvgIpc) is 2.58. The van der Waals surface area contributed by atoms with Gasteiger partial charge in [-0.15, -0.1) is 0 Å². The number of benzene rings is 1. The molecule has 3 rings (SSSR count). The summed E-state index contributed by atoms with van der Waals surface area (Å²) in [6.45, 7) is 4.20. The number of rotatable bonds is 2. The molecule has 0 saturated carbocycles. The summed E-state index contributed by atoms with van der Waals surface area (Å²) in [4.78, 5) is 2.44. The van der Waals surface area contributed by atoms with Gasteiger partial charge in [-0.05, 0) is 50.2 Å². The fourth-order valence-electron chi connectivity index (χ4n) is 3.41. The topological polar surface area (TPSA) is 55.4 Å². The van der Waals surface area contributed by atoms with Crippen molar-refractivity contribution in [2.24, 2.45) is 0 Å². The molecule has 0 aliphatic carbocycles. The van der Waals surface area contributed by atoms with E-state index in [2.05, 4.69) is 15.7 Å². The van der Waals surface area contributed by atoms with E-state index in [1.807, 2.05) is 6.92 Å². The molecular weight excluding hydrogens is 260 g/mol. The maximum atomic E-state index is 11.0. The minimum Gasteiger partial charge on any atom is -0.755 e. The molecule has 0 radical (unpaired) electrons. The van der Waals surface area contributed by atoms with Crippen LogP contribution in [-0.2, 0) is 24.1 Å². The molecule has 0 aromatic heterocycles. The largest absolute Gasteiger partial charge is 0.755 e. The van der Waals surface area contributed by atoms with Gasteiger partial charge in [-0.25, -0.2) is 0 Å². The third-order valence-corrected chi connectivity index (χ3v) is 4.53. The number of hydrogen-bond acceptors (Lipinski definition) is 3. The Labute approximate surface area is 116 Å². The second kappa shape index (κ2) is 5.13. The Morgan fingerprint density at radius 2 is 2.05 bits per heavy atom. The van der Waals surface area contributed by atoms with Crippen LogP contribution in [0.3, 0.4) is 0 Å². The summed E-state index contributed by atoms with van der Waals surface area (Å²) < 4.78 is 24.7. The predicted octanol–water partition coefficient (Wildman–Crippen LogP) is 2.29. The molecule has 1 N–H and O–H groups in total. The van der Waals surface area contributed by atoms with Crippen molar-refractivity contribution in [3.8, 4) is 0 Å². The lowest BCUT2D eigenvalue weighted by atomic mass is 9.92. The highest BCUT2D eigenvalue weighted by Gasteiger charge is 2.25. The number of nitrogens with one attached hydrogen (secondary N) is 1. The minimum atomic E-state index is -2.25. The summed E-state index contributed by atoms with van der Waals surface area (Å²) in [6, 6.07) is 2.16. The average molecular weight is 279 g/mol. The lowest BCUT2D eigenvalue weighted by Crippen LogP contribution is -2.30. The highest BCUT2D eigenvalue weighted by Crippen LogP contribution is 2.40. The molecule has 1 aromatic rings. The molecule has 1 aromatic carbocycles. The maximum Gasteiger partial charge on any atom is 0.0534 e. The first kappa shape index (κ1) is 12.9. The Balaban J connectivity index is 2.17. The van der Waals surface area contributed by atoms with Gasteiger partial charge in [-0.2, -0.15) is 0 Å². The first-order valence-corrected chi connectivity index (χ1v) is 8.00. The van der Waals surface area contributed by atoms with Crippen LogP contribution in [0.5, 0.6) is 0 Å². The fraction of sp³-hybridized carbons (Fsp3) is 0.571. The molecular formula is C14H19N2O2S-. The van der Waals surface area contributed by atoms with E-state index in [4.69, 9.17) is 0 Å². The van der Waals surface area contributed by atoms with Gasteiger partial charge in [-0.1, -0.05) is 6.07 Å². The molecule has 2 aliphatic rings. The van der Waals surface area contributed by atoms with Crippen molar-refractivity contribution < 1.29 is 8.76 Å². The van der Waals surface area contributed by atoms with E-state index >= 15 is 0 Å². The van der Waals surface area contributed by atoms with Crippen molar-refractivity contribution in [2.45, 2.75) is 39.0 Å². The number of anilines is 2. The summed E-state index contributed by atoms with van der Waals surface area (Å²) in [5, 5.41) is 0. The van der Waals surface area contributed by atoms with Crippen LogP contribution in [0.25, 0.3) is 0 Å². The third kappa shape index (κ3) is 2.37. The van der Waals surface area contributed by atoms with Gasteiger partial charge in [0.1, 0.15) is 0 Å². The van der Waals surface area contributed by atoms with Crippen molar-refractivity contribution >= 4 is 22.6 Å². The lowest BCUT2D eigenvalue weighted by Gasteiger charge is -2.33. The molecule has 0 saturated heterocycles. The summed E-state index contributed by atoms with van der Waals surface area (Å²) in [6.07, 6.45) is 5.60. The molecule has 5 heteroatoms. The normalized spacial score (nSPS) is 19.6. The first-order valence-electron chi connectivity index (χ1n) is 6.93. The summed E-state index contributed by atoms with van der Waals surface area (Å²) in [5.74, 6) is 0. The van der Waals surface area contributed by atoms with Crippen LogP contribution in [0.1, 0.15) is 36.0 Å². The van der Waals surface area contributed by atoms with Crippen LogP contribution in [0.2, 0.25) is 0 Å². The zero-order valence-electron chi connectivity index (χ0n) is 11.2. The number of aryl methyl sites for hydroxylation is 2. The molecule has 1 atom stereocenters. The molecule has 104 valence electrons. The Bertz CT molecular complexity index is 531. The van der Waals surface area contributed by atoms with E-state index in [0.717, 1.165) is 43.6 Å². The highest BCUT2D eigenvalue weighted by atomic mass is 32.2. The molecule has 4 nitrogen and oxygen atoms in total. The van der Waals surface area contributed by atoms with E-state index in [1.165, 1.54) is 29.7 Å². The van der Waals surface area contributed by atoms with Gasteiger partial charge in [-0.3, -0.25) is 4.21 Å². The van der Waals surface area contributed by atoms with Crippen molar-refractivity contribution in [3.05, 3.63) is 22.8 Å². The molecule has 0 bridgehead atoms. The Hall–Kier alpha value is -1.07. The van der Waals surface area contributed by atoms with E-state index in [9.17, 15) is 8.76 Å². The summed E-state index contributed by atoms with van der Waals surface area (Å²) >= 11 is -2.25. The van der Waals surface area contributed by atoms with Gasteiger partial charge in [0, 0.05) is 35.6 Å². The molecule has 19 heavy (non-hydrogen) atoms. The Kier molecular flexibility index (Phi) is 3.50. The van der Waals surface area contributed by atoms with Crippen LogP contribution in [0, 0.1) is 6.92 Å². The molecule has 2 aliphatic heterocycles. The van der Waals surface area contributed by atoms with E-state index in [1.54, 1.807) is 0 Å². The van der Waals surface area contributed by atoms with Crippen LogP contribution < -0.4 is 9.62 Å². The molecule has 2 heterocycles. The fourth-order valence-corrected chi connectivity index (χ4v) is 3.86. The zero-order valence-corrected chi connectivity index (χ0v) is 12.0. The molecule has 0 amide bonds. The maximum absolute atomic E-state index is 11.0. The summed E-state index contributed by atoms with van der Waals surface area (Å²) in [7, 11) is 0. The monoisotopic (exact) mass is 279 g/mol. The van der Waals surface area contributed by atoms with Crippen LogP contribution in [0.4, 0.5) is 11.4 Å². The SMILES string of the molecule is Cc1cc2c3c(c1NS(=O)[O-])CCCCN3CCC2. The van der Waals surface area contributed by atoms with E-state index in [-0.39, 0.29) is 0 Å². The minimum absolute atomic E-state index is 0.806. The van der Waals surface area contributed by atoms with Crippen molar-refractivity contribution in [1.82, 2.24) is 0 Å². The van der Waals surface area contributed by atoms with Gasteiger partial charge in [0.25, 0.3) is 0 Å². The van der Waals surface area contributed by atoms with Crippen LogP contribution in [-0.4, -0.2) is 21.9 Å². The lowest BCUT2D eigenvalue weighted by molar-refractivity contribution is 0.542. The van der Waals surface area contributed by atoms with Crippen molar-refractivity contribution in [3.63, 3.8) is 0 Å². The molecule has 1 unspecified atom stereocenters. The Morgan fingerprint density at radius 1 is 1.26 bits per heavy atom. The van der Waals surface area contributed by atoms with Crippen molar-refractivity contribution in [1.29, 1.82) is 0 Å². The predicted molar refractivity (Wildman–Crippen MR) is 77.2 cm³/mol. The molecule has 0 fully saturated rings. The first-order chi connectivity index (χ1) is 9.16. The van der Waals surface area contributed by atoms with Crippen LogP contribution in [0.15, 0.2) is 6.07 Å². The number of hydrogen-bond donors (Lipinski definition) is 1. The van der Waals surface area contributed by atoms with Gasteiger partial charge in [0.15, 0.2) is 0 Å². The van der Waals surface area contributed by atoms with Gasteiger partial charge in [0.05, 0.1) is 5.69 Å². The second-order valence-corrected chi connectivity index (χ2v) is 6.11. The van der Waals surface area contributed by atoms with Gasteiger partial charge < -0.3 is 14.2 Å². The summed E-state index contributed by atoms with van der Waals surface area (Å²) in [5.41, 5.74) is 5.75.